The first-order chi connectivity index (χ1) is 17.5. The molecule has 6 N–H and O–H groups in total. The minimum atomic E-state index is -0.685. The summed E-state index contributed by atoms with van der Waals surface area (Å²) in [6.07, 6.45) is 1.44. The number of nitrogen functional groups attached to an aromatic ring is 1. The maximum absolute atomic E-state index is 15.2. The number of nitrogens with zero attached hydrogens (tertiary/aromatic N) is 3. The Hall–Kier alpha value is -4.57. The smallest absolute Gasteiger partial charge is 0.282 e. The number of carbonyl (C=O) groups is 1. The maximum Gasteiger partial charge on any atom is 0.282 e. The van der Waals surface area contributed by atoms with E-state index >= 15 is 4.39 Å². The van der Waals surface area contributed by atoms with Crippen molar-refractivity contribution >= 4 is 33.4 Å². The van der Waals surface area contributed by atoms with Crippen LogP contribution >= 0.6 is 0 Å². The fourth-order valence-corrected chi connectivity index (χ4v) is 4.54. The Labute approximate surface area is 210 Å². The first kappa shape index (κ1) is 24.1. The van der Waals surface area contributed by atoms with Gasteiger partial charge in [-0.25, -0.2) is 4.39 Å². The lowest BCUT2D eigenvalue weighted by atomic mass is 9.86. The van der Waals surface area contributed by atoms with Gasteiger partial charge in [0.25, 0.3) is 11.5 Å². The van der Waals surface area contributed by atoms with Gasteiger partial charge in [0, 0.05) is 16.3 Å². The molecular formula is C27H25FN6O3. The molecule has 5 rings (SSSR count). The number of nitrogens with two attached hydrogens (primary N) is 2. The average Bonchev–Trinajstić information content (AvgIpc) is 3.22. The lowest BCUT2D eigenvalue weighted by molar-refractivity contribution is 0.100. The van der Waals surface area contributed by atoms with E-state index in [1.165, 1.54) is 12.3 Å². The van der Waals surface area contributed by atoms with Gasteiger partial charge in [-0.1, -0.05) is 32.9 Å². The van der Waals surface area contributed by atoms with Crippen LogP contribution < -0.4 is 17.0 Å². The molecule has 0 bridgehead atoms. The second-order valence-electron chi connectivity index (χ2n) is 9.91. The number of benzene rings is 3. The highest BCUT2D eigenvalue weighted by Gasteiger charge is 2.21. The first-order valence-electron chi connectivity index (χ1n) is 11.5. The molecule has 9 nitrogen and oxygen atoms in total. The summed E-state index contributed by atoms with van der Waals surface area (Å²) in [5.41, 5.74) is 13.6. The van der Waals surface area contributed by atoms with Crippen molar-refractivity contribution in [2.45, 2.75) is 32.8 Å². The predicted molar refractivity (Wildman–Crippen MR) is 140 cm³/mol. The molecule has 0 radical (unpaired) electrons. The van der Waals surface area contributed by atoms with Crippen molar-refractivity contribution in [3.05, 3.63) is 81.5 Å². The van der Waals surface area contributed by atoms with E-state index in [4.69, 9.17) is 11.5 Å². The van der Waals surface area contributed by atoms with Crippen molar-refractivity contribution in [3.63, 3.8) is 0 Å². The molecule has 2 heterocycles. The maximum atomic E-state index is 15.2. The van der Waals surface area contributed by atoms with Gasteiger partial charge in [-0.3, -0.25) is 14.7 Å². The largest absolute Gasteiger partial charge is 0.392 e. The number of nitrogens with one attached hydrogen (secondary N) is 1. The summed E-state index contributed by atoms with van der Waals surface area (Å²) in [6.45, 7) is 5.41. The van der Waals surface area contributed by atoms with Crippen molar-refractivity contribution in [3.8, 4) is 16.8 Å². The molecule has 0 aliphatic heterocycles. The minimum Gasteiger partial charge on any atom is -0.392 e. The number of aliphatic hydroxyl groups excluding tert-OH is 1. The number of carbonyl (C=O) groups excluding carboxylic acids is 1. The molecule has 0 atom stereocenters. The van der Waals surface area contributed by atoms with Gasteiger partial charge in [-0.15, -0.1) is 0 Å². The van der Waals surface area contributed by atoms with Crippen LogP contribution in [0.25, 0.3) is 38.5 Å². The first-order valence-corrected chi connectivity index (χ1v) is 11.5. The van der Waals surface area contributed by atoms with E-state index in [1.807, 2.05) is 20.8 Å². The van der Waals surface area contributed by atoms with Gasteiger partial charge in [0.1, 0.15) is 5.82 Å². The Morgan fingerprint density at radius 1 is 1.19 bits per heavy atom. The number of amides is 1. The molecule has 0 aliphatic carbocycles. The van der Waals surface area contributed by atoms with Gasteiger partial charge < -0.3 is 16.6 Å². The van der Waals surface area contributed by atoms with Gasteiger partial charge in [0.15, 0.2) is 5.82 Å². The van der Waals surface area contributed by atoms with Crippen LogP contribution in [0.15, 0.2) is 53.5 Å². The molecule has 188 valence electrons. The standard InChI is InChI=1S/C27H25FN6O3/c1-27(2,3)15-7-14-11-31-34(26(37)22(14)20(28)10-15)21-6-4-5-16(19(21)12-35)13-8-17-23(32-33-24(17)29)18(9-13)25(30)36/h4-11,35H,12H2,1-3H3,(H2,30,36)(H3,29,32,33). The third-order valence-corrected chi connectivity index (χ3v) is 6.52. The van der Waals surface area contributed by atoms with Crippen LogP contribution in [-0.4, -0.2) is 31.0 Å². The van der Waals surface area contributed by atoms with E-state index in [1.54, 1.807) is 36.4 Å². The van der Waals surface area contributed by atoms with Crippen LogP contribution in [0.1, 0.15) is 42.3 Å². The number of hydrogen-bond acceptors (Lipinski definition) is 6. The van der Waals surface area contributed by atoms with E-state index in [0.29, 0.717) is 33.0 Å². The fraction of sp³-hybridized carbons (Fsp3) is 0.185. The molecule has 37 heavy (non-hydrogen) atoms. The van der Waals surface area contributed by atoms with Gasteiger partial charge in [0.2, 0.25) is 0 Å². The van der Waals surface area contributed by atoms with Gasteiger partial charge in [-0.2, -0.15) is 14.9 Å². The quantitative estimate of drug-likeness (QED) is 0.296. The van der Waals surface area contributed by atoms with E-state index < -0.39 is 23.9 Å². The zero-order chi connectivity index (χ0) is 26.6. The number of aromatic nitrogens is 4. The Morgan fingerprint density at radius 3 is 2.62 bits per heavy atom. The third kappa shape index (κ3) is 3.91. The van der Waals surface area contributed by atoms with Crippen molar-refractivity contribution < 1.29 is 14.3 Å². The number of aromatic amines is 1. The van der Waals surface area contributed by atoms with Gasteiger partial charge in [-0.05, 0) is 52.4 Å². The summed E-state index contributed by atoms with van der Waals surface area (Å²) in [5.74, 6) is -1.15. The Kier molecular flexibility index (Phi) is 5.56. The van der Waals surface area contributed by atoms with Crippen molar-refractivity contribution in [2.24, 2.45) is 5.73 Å². The van der Waals surface area contributed by atoms with Crippen molar-refractivity contribution in [2.75, 3.05) is 5.73 Å². The lowest BCUT2D eigenvalue weighted by Gasteiger charge is -2.20. The molecule has 0 saturated carbocycles. The molecule has 0 spiro atoms. The second kappa shape index (κ2) is 8.52. The molecule has 10 heteroatoms. The van der Waals surface area contributed by atoms with E-state index in [2.05, 4.69) is 15.3 Å². The van der Waals surface area contributed by atoms with Crippen LogP contribution in [0.2, 0.25) is 0 Å². The Morgan fingerprint density at radius 2 is 1.95 bits per heavy atom. The van der Waals surface area contributed by atoms with Crippen LogP contribution in [-0.2, 0) is 12.0 Å². The van der Waals surface area contributed by atoms with Gasteiger partial charge in [0.05, 0.1) is 35.0 Å². The highest BCUT2D eigenvalue weighted by Crippen LogP contribution is 2.34. The zero-order valence-electron chi connectivity index (χ0n) is 20.5. The monoisotopic (exact) mass is 500 g/mol. The summed E-state index contributed by atoms with van der Waals surface area (Å²) in [5, 5.41) is 22.1. The number of aliphatic hydroxyl groups is 1. The Balaban J connectivity index is 1.75. The van der Waals surface area contributed by atoms with E-state index in [0.717, 1.165) is 10.2 Å². The third-order valence-electron chi connectivity index (χ3n) is 6.52. The number of fused-ring (bicyclic) bond motifs is 2. The predicted octanol–water partition coefficient (Wildman–Crippen LogP) is 3.54. The summed E-state index contributed by atoms with van der Waals surface area (Å²) >= 11 is 0. The molecule has 5 aromatic rings. The summed E-state index contributed by atoms with van der Waals surface area (Å²) in [6, 6.07) is 11.4. The molecule has 2 aromatic heterocycles. The van der Waals surface area contributed by atoms with E-state index in [9.17, 15) is 14.7 Å². The van der Waals surface area contributed by atoms with Crippen LogP contribution in [0, 0.1) is 5.82 Å². The summed E-state index contributed by atoms with van der Waals surface area (Å²) in [4.78, 5) is 25.6. The highest BCUT2D eigenvalue weighted by molar-refractivity contribution is 6.09. The highest BCUT2D eigenvalue weighted by atomic mass is 19.1. The summed E-state index contributed by atoms with van der Waals surface area (Å²) < 4.78 is 16.2. The number of rotatable bonds is 4. The van der Waals surface area contributed by atoms with Crippen molar-refractivity contribution in [1.29, 1.82) is 0 Å². The molecule has 0 saturated heterocycles. The fourth-order valence-electron chi connectivity index (χ4n) is 4.54. The summed E-state index contributed by atoms with van der Waals surface area (Å²) in [7, 11) is 0. The molecule has 0 fully saturated rings. The SMILES string of the molecule is CC(C)(C)c1cc(F)c2c(=O)n(-c3cccc(-c4cc(C(N)=O)c5[nH]nc(N)c5c4)c3CO)ncc2c1. The number of halogens is 1. The molecule has 3 aromatic carbocycles. The molecule has 0 aliphatic rings. The average molecular weight is 501 g/mol. The second-order valence-corrected chi connectivity index (χ2v) is 9.91. The van der Waals surface area contributed by atoms with Gasteiger partial charge >= 0.3 is 0 Å². The minimum absolute atomic E-state index is 0.0964. The topological polar surface area (TPSA) is 153 Å². The molecular weight excluding hydrogens is 475 g/mol. The number of H-pyrrole nitrogens is 1. The van der Waals surface area contributed by atoms with E-state index in [-0.39, 0.29) is 27.9 Å². The van der Waals surface area contributed by atoms with Crippen LogP contribution in [0.3, 0.4) is 0 Å². The number of hydrogen-bond donors (Lipinski definition) is 4. The number of primary amides is 1. The molecule has 0 unspecified atom stereocenters. The normalized spacial score (nSPS) is 11.9. The van der Waals surface area contributed by atoms with Crippen LogP contribution in [0.4, 0.5) is 10.2 Å². The number of anilines is 1. The Bertz CT molecular complexity index is 1780. The molecule has 1 amide bonds. The van der Waals surface area contributed by atoms with Crippen LogP contribution in [0.5, 0.6) is 0 Å². The lowest BCUT2D eigenvalue weighted by Crippen LogP contribution is -2.24. The van der Waals surface area contributed by atoms with Crippen molar-refractivity contribution in [1.82, 2.24) is 20.0 Å². The zero-order valence-corrected chi connectivity index (χ0v) is 20.5.